The van der Waals surface area contributed by atoms with Gasteiger partial charge < -0.3 is 15.2 Å². The molecule has 2 N–H and O–H groups in total. The van der Waals surface area contributed by atoms with Crippen LogP contribution in [0.3, 0.4) is 0 Å². The maximum absolute atomic E-state index is 12.0. The first-order valence-corrected chi connectivity index (χ1v) is 6.70. The van der Waals surface area contributed by atoms with Gasteiger partial charge in [0.25, 0.3) is 5.91 Å². The number of aryl methyl sites for hydroxylation is 1. The van der Waals surface area contributed by atoms with E-state index in [9.17, 15) is 9.59 Å². The second-order valence-corrected chi connectivity index (χ2v) is 5.48. The van der Waals surface area contributed by atoms with Crippen LogP contribution >= 0.6 is 11.6 Å². The number of amides is 1. The van der Waals surface area contributed by atoms with Crippen molar-refractivity contribution in [1.29, 1.82) is 0 Å². The molecule has 108 valence electrons. The molecule has 20 heavy (non-hydrogen) atoms. The number of carboxylic acid groups (broad SMARTS) is 1. The summed E-state index contributed by atoms with van der Waals surface area (Å²) < 4.78 is 5.50. The van der Waals surface area contributed by atoms with Crippen LogP contribution in [0.4, 0.5) is 0 Å². The summed E-state index contributed by atoms with van der Waals surface area (Å²) in [5, 5.41) is 12.0. The van der Waals surface area contributed by atoms with Crippen molar-refractivity contribution < 1.29 is 19.4 Å². The Hall–Kier alpha value is -1.75. The maximum Gasteiger partial charge on any atom is 0.329 e. The van der Waals surface area contributed by atoms with Crippen LogP contribution in [-0.2, 0) is 9.59 Å². The zero-order chi connectivity index (χ0) is 14.9. The zero-order valence-corrected chi connectivity index (χ0v) is 12.0. The van der Waals surface area contributed by atoms with Gasteiger partial charge in [-0.1, -0.05) is 17.7 Å². The normalized spacial score (nSPS) is 17.1. The first kappa shape index (κ1) is 14.7. The van der Waals surface area contributed by atoms with Gasteiger partial charge in [0.2, 0.25) is 0 Å². The van der Waals surface area contributed by atoms with Crippen molar-refractivity contribution >= 4 is 23.5 Å². The lowest BCUT2D eigenvalue weighted by Crippen LogP contribution is -2.48. The Morgan fingerprint density at radius 2 is 2.10 bits per heavy atom. The van der Waals surface area contributed by atoms with Gasteiger partial charge in [0, 0.05) is 0 Å². The molecule has 1 amide bonds. The van der Waals surface area contributed by atoms with Crippen LogP contribution in [0.15, 0.2) is 18.2 Å². The molecule has 1 unspecified atom stereocenters. The van der Waals surface area contributed by atoms with Gasteiger partial charge in [-0.3, -0.25) is 4.79 Å². The molecule has 1 fully saturated rings. The number of ether oxygens (including phenoxy) is 1. The van der Waals surface area contributed by atoms with Crippen LogP contribution in [-0.4, -0.2) is 28.6 Å². The molecule has 1 aromatic rings. The highest BCUT2D eigenvalue weighted by atomic mass is 35.5. The molecular formula is C14H16ClNO4. The SMILES string of the molecule is Cc1ccc(Cl)c(OC(C)C(=O)NC2(C(=O)O)CC2)c1. The molecule has 0 aromatic heterocycles. The second-order valence-electron chi connectivity index (χ2n) is 5.07. The fraction of sp³-hybridized carbons (Fsp3) is 0.429. The van der Waals surface area contributed by atoms with Gasteiger partial charge in [0.05, 0.1) is 5.02 Å². The smallest absolute Gasteiger partial charge is 0.329 e. The van der Waals surface area contributed by atoms with E-state index in [0.29, 0.717) is 23.6 Å². The number of carbonyl (C=O) groups excluding carboxylic acids is 1. The maximum atomic E-state index is 12.0. The summed E-state index contributed by atoms with van der Waals surface area (Å²) >= 11 is 5.99. The first-order chi connectivity index (χ1) is 9.34. The molecule has 6 heteroatoms. The van der Waals surface area contributed by atoms with Crippen LogP contribution in [0.2, 0.25) is 5.02 Å². The third-order valence-electron chi connectivity index (χ3n) is 3.28. The number of rotatable bonds is 5. The standard InChI is InChI=1S/C14H16ClNO4/c1-8-3-4-10(15)11(7-8)20-9(2)12(17)16-14(5-6-14)13(18)19/h3-4,7,9H,5-6H2,1-2H3,(H,16,17)(H,18,19). The largest absolute Gasteiger partial charge is 0.480 e. The zero-order valence-electron chi connectivity index (χ0n) is 11.3. The summed E-state index contributed by atoms with van der Waals surface area (Å²) in [7, 11) is 0. The van der Waals surface area contributed by atoms with Crippen LogP contribution in [0.25, 0.3) is 0 Å². The highest BCUT2D eigenvalue weighted by Crippen LogP contribution is 2.35. The number of carboxylic acids is 1. The summed E-state index contributed by atoms with van der Waals surface area (Å²) in [5.41, 5.74) is -0.147. The quantitative estimate of drug-likeness (QED) is 0.873. The predicted octanol–water partition coefficient (Wildman–Crippen LogP) is 2.15. The van der Waals surface area contributed by atoms with Gasteiger partial charge in [-0.2, -0.15) is 0 Å². The van der Waals surface area contributed by atoms with Crippen molar-refractivity contribution in [3.05, 3.63) is 28.8 Å². The summed E-state index contributed by atoms with van der Waals surface area (Å²) in [6.07, 6.45) is 0.0870. The van der Waals surface area contributed by atoms with E-state index in [1.54, 1.807) is 19.1 Å². The predicted molar refractivity (Wildman–Crippen MR) is 74.0 cm³/mol. The number of carbonyl (C=O) groups is 2. The van der Waals surface area contributed by atoms with Gasteiger partial charge in [-0.05, 0) is 44.4 Å². The first-order valence-electron chi connectivity index (χ1n) is 6.32. The average Bonchev–Trinajstić information content (AvgIpc) is 3.14. The van der Waals surface area contributed by atoms with E-state index < -0.39 is 23.5 Å². The number of aliphatic carboxylic acids is 1. The monoisotopic (exact) mass is 297 g/mol. The van der Waals surface area contributed by atoms with E-state index in [1.165, 1.54) is 0 Å². The van der Waals surface area contributed by atoms with E-state index in [-0.39, 0.29) is 0 Å². The number of nitrogens with one attached hydrogen (secondary N) is 1. The summed E-state index contributed by atoms with van der Waals surface area (Å²) in [6.45, 7) is 3.45. The van der Waals surface area contributed by atoms with E-state index in [2.05, 4.69) is 5.32 Å². The van der Waals surface area contributed by atoms with Crippen molar-refractivity contribution in [2.24, 2.45) is 0 Å². The lowest BCUT2D eigenvalue weighted by atomic mass is 10.2. The highest BCUT2D eigenvalue weighted by Gasteiger charge is 2.52. The Morgan fingerprint density at radius 1 is 1.45 bits per heavy atom. The minimum atomic E-state index is -1.11. The molecule has 0 radical (unpaired) electrons. The second kappa shape index (κ2) is 5.32. The van der Waals surface area contributed by atoms with Crippen LogP contribution in [0.5, 0.6) is 5.75 Å². The van der Waals surface area contributed by atoms with Gasteiger partial charge in [0.1, 0.15) is 11.3 Å². The summed E-state index contributed by atoms with van der Waals surface area (Å²) in [6, 6.07) is 5.26. The average molecular weight is 298 g/mol. The molecule has 0 bridgehead atoms. The van der Waals surface area contributed by atoms with E-state index >= 15 is 0 Å². The molecule has 1 aliphatic carbocycles. The van der Waals surface area contributed by atoms with Crippen LogP contribution in [0.1, 0.15) is 25.3 Å². The van der Waals surface area contributed by atoms with E-state index in [0.717, 1.165) is 5.56 Å². The van der Waals surface area contributed by atoms with Gasteiger partial charge in [0.15, 0.2) is 6.10 Å². The third kappa shape index (κ3) is 3.04. The molecular weight excluding hydrogens is 282 g/mol. The van der Waals surface area contributed by atoms with E-state index in [1.807, 2.05) is 13.0 Å². The van der Waals surface area contributed by atoms with Crippen molar-refractivity contribution in [2.45, 2.75) is 38.3 Å². The molecule has 0 aliphatic heterocycles. The molecule has 1 atom stereocenters. The number of hydrogen-bond donors (Lipinski definition) is 2. The highest BCUT2D eigenvalue weighted by molar-refractivity contribution is 6.32. The molecule has 0 saturated heterocycles. The molecule has 1 aromatic carbocycles. The molecule has 5 nitrogen and oxygen atoms in total. The Balaban J connectivity index is 2.01. The van der Waals surface area contributed by atoms with Crippen LogP contribution < -0.4 is 10.1 Å². The molecule has 1 saturated carbocycles. The number of hydrogen-bond acceptors (Lipinski definition) is 3. The minimum Gasteiger partial charge on any atom is -0.480 e. The molecule has 2 rings (SSSR count). The fourth-order valence-corrected chi connectivity index (χ4v) is 1.96. The summed E-state index contributed by atoms with van der Waals surface area (Å²) in [5.74, 6) is -1.05. The van der Waals surface area contributed by atoms with Crippen molar-refractivity contribution in [3.63, 3.8) is 0 Å². The van der Waals surface area contributed by atoms with Crippen molar-refractivity contribution in [1.82, 2.24) is 5.32 Å². The summed E-state index contributed by atoms with van der Waals surface area (Å²) in [4.78, 5) is 23.0. The van der Waals surface area contributed by atoms with Gasteiger partial charge in [-0.25, -0.2) is 4.79 Å². The lowest BCUT2D eigenvalue weighted by molar-refractivity contribution is -0.144. The van der Waals surface area contributed by atoms with Crippen molar-refractivity contribution in [2.75, 3.05) is 0 Å². The number of benzene rings is 1. The Bertz CT molecular complexity index is 554. The van der Waals surface area contributed by atoms with Gasteiger partial charge >= 0.3 is 5.97 Å². The topological polar surface area (TPSA) is 75.6 Å². The number of halogens is 1. The third-order valence-corrected chi connectivity index (χ3v) is 3.59. The molecule has 0 spiro atoms. The minimum absolute atomic E-state index is 0.412. The van der Waals surface area contributed by atoms with Gasteiger partial charge in [-0.15, -0.1) is 0 Å². The Kier molecular flexibility index (Phi) is 3.90. The van der Waals surface area contributed by atoms with Crippen LogP contribution in [0, 0.1) is 6.92 Å². The lowest BCUT2D eigenvalue weighted by Gasteiger charge is -2.19. The Labute approximate surface area is 121 Å². The van der Waals surface area contributed by atoms with E-state index in [4.69, 9.17) is 21.4 Å². The Morgan fingerprint density at radius 3 is 2.65 bits per heavy atom. The fourth-order valence-electron chi connectivity index (χ4n) is 1.80. The van der Waals surface area contributed by atoms with Crippen molar-refractivity contribution in [3.8, 4) is 5.75 Å². The molecule has 1 aliphatic rings. The molecule has 0 heterocycles.